The van der Waals surface area contributed by atoms with Gasteiger partial charge in [-0.25, -0.2) is 9.78 Å². The minimum absolute atomic E-state index is 0.0336. The van der Waals surface area contributed by atoms with Crippen LogP contribution >= 0.6 is 23.2 Å². The molecule has 0 saturated heterocycles. The molecule has 3 N–H and O–H groups in total. The van der Waals surface area contributed by atoms with E-state index in [1.165, 1.54) is 12.1 Å². The fourth-order valence-electron chi connectivity index (χ4n) is 3.63. The summed E-state index contributed by atoms with van der Waals surface area (Å²) in [7, 11) is 0. The maximum Gasteiger partial charge on any atom is 0.326 e. The van der Waals surface area contributed by atoms with Crippen LogP contribution < -0.4 is 10.6 Å². The van der Waals surface area contributed by atoms with Gasteiger partial charge in [0.25, 0.3) is 5.91 Å². The number of nitrogens with zero attached hydrogens (tertiary/aromatic N) is 1. The van der Waals surface area contributed by atoms with Gasteiger partial charge < -0.3 is 15.7 Å². The first-order valence-electron chi connectivity index (χ1n) is 11.5. The van der Waals surface area contributed by atoms with Crippen LogP contribution in [0.15, 0.2) is 60.8 Å². The molecule has 7 nitrogen and oxygen atoms in total. The molecule has 3 aromatic rings. The van der Waals surface area contributed by atoms with Gasteiger partial charge in [0.15, 0.2) is 0 Å². The van der Waals surface area contributed by atoms with Crippen LogP contribution in [0.2, 0.25) is 10.0 Å². The largest absolute Gasteiger partial charge is 0.480 e. The number of rotatable bonds is 12. The van der Waals surface area contributed by atoms with Gasteiger partial charge in [-0.05, 0) is 54.3 Å². The third kappa shape index (κ3) is 8.07. The molecule has 1 heterocycles. The lowest BCUT2D eigenvalue weighted by Crippen LogP contribution is -2.42. The molecule has 0 aliphatic carbocycles. The fraction of sp³-hybridized carbons (Fsp3) is 0.259. The number of halogens is 2. The Morgan fingerprint density at radius 2 is 1.67 bits per heavy atom. The standard InChI is InChI=1S/C27H27Cl2N3O4/c1-17-11-13-31-24(14-17)30-12-3-4-20(33)15-18-7-9-19(10-8-18)16-23(27(35)36)32-26(34)25-21(28)5-2-6-22(25)29/h2,5-11,13-14,23H,3-4,12,15-16H2,1H3,(H,30,31)(H,32,34)(H,35,36)/t23-/m0/s1. The smallest absolute Gasteiger partial charge is 0.326 e. The van der Waals surface area contributed by atoms with Crippen LogP contribution in [0.3, 0.4) is 0 Å². The molecule has 188 valence electrons. The maximum absolute atomic E-state index is 12.6. The minimum atomic E-state index is -1.18. The Balaban J connectivity index is 1.49. The molecule has 0 bridgehead atoms. The molecule has 0 fully saturated rings. The van der Waals surface area contributed by atoms with Gasteiger partial charge >= 0.3 is 5.97 Å². The lowest BCUT2D eigenvalue weighted by atomic mass is 10.0. The second kappa shape index (κ2) is 13.0. The van der Waals surface area contributed by atoms with E-state index in [2.05, 4.69) is 15.6 Å². The molecule has 0 radical (unpaired) electrons. The highest BCUT2D eigenvalue weighted by Gasteiger charge is 2.23. The first-order chi connectivity index (χ1) is 17.2. The van der Waals surface area contributed by atoms with Crippen LogP contribution in [0, 0.1) is 6.92 Å². The first-order valence-corrected chi connectivity index (χ1v) is 12.2. The van der Waals surface area contributed by atoms with Gasteiger partial charge in [-0.2, -0.15) is 0 Å². The Labute approximate surface area is 219 Å². The van der Waals surface area contributed by atoms with Gasteiger partial charge in [0, 0.05) is 32.0 Å². The molecule has 36 heavy (non-hydrogen) atoms. The number of carboxylic acids is 1. The number of carbonyl (C=O) groups is 3. The number of anilines is 1. The van der Waals surface area contributed by atoms with E-state index in [0.29, 0.717) is 31.4 Å². The second-order valence-corrected chi connectivity index (χ2v) is 9.26. The number of ketones is 1. The number of carboxylic acid groups (broad SMARTS) is 1. The van der Waals surface area contributed by atoms with Gasteiger partial charge in [-0.1, -0.05) is 53.5 Å². The van der Waals surface area contributed by atoms with E-state index in [-0.39, 0.29) is 27.8 Å². The third-order valence-corrected chi connectivity index (χ3v) is 6.14. The second-order valence-electron chi connectivity index (χ2n) is 8.45. The van der Waals surface area contributed by atoms with Gasteiger partial charge in [-0.15, -0.1) is 0 Å². The molecule has 0 aliphatic rings. The molecule has 1 aromatic heterocycles. The highest BCUT2D eigenvalue weighted by atomic mass is 35.5. The van der Waals surface area contributed by atoms with Crippen molar-refractivity contribution in [2.24, 2.45) is 0 Å². The summed E-state index contributed by atoms with van der Waals surface area (Å²) >= 11 is 12.1. The fourth-order valence-corrected chi connectivity index (χ4v) is 4.19. The van der Waals surface area contributed by atoms with Gasteiger partial charge in [0.2, 0.25) is 0 Å². The number of pyridine rings is 1. The van der Waals surface area contributed by atoms with Crippen molar-refractivity contribution in [2.45, 2.75) is 38.6 Å². The molecule has 0 aliphatic heterocycles. The topological polar surface area (TPSA) is 108 Å². The number of nitrogens with one attached hydrogen (secondary N) is 2. The summed E-state index contributed by atoms with van der Waals surface area (Å²) in [5, 5.41) is 15.6. The number of Topliss-reactive ketones (excluding diaryl/α,β-unsaturated/α-hetero) is 1. The maximum atomic E-state index is 12.6. The summed E-state index contributed by atoms with van der Waals surface area (Å²) in [4.78, 5) is 40.9. The zero-order valence-corrected chi connectivity index (χ0v) is 21.3. The van der Waals surface area contributed by atoms with Crippen molar-refractivity contribution in [1.82, 2.24) is 10.3 Å². The van der Waals surface area contributed by atoms with Crippen molar-refractivity contribution >= 4 is 46.7 Å². The molecular formula is C27H27Cl2N3O4. The number of hydrogen-bond donors (Lipinski definition) is 3. The highest BCUT2D eigenvalue weighted by molar-refractivity contribution is 6.39. The summed E-state index contributed by atoms with van der Waals surface area (Å²) in [6, 6.07) is 14.4. The van der Waals surface area contributed by atoms with E-state index in [1.54, 1.807) is 36.5 Å². The number of aromatic nitrogens is 1. The van der Waals surface area contributed by atoms with E-state index in [4.69, 9.17) is 23.2 Å². The zero-order chi connectivity index (χ0) is 26.1. The lowest BCUT2D eigenvalue weighted by Gasteiger charge is -2.16. The van der Waals surface area contributed by atoms with Gasteiger partial charge in [0.1, 0.15) is 17.6 Å². The van der Waals surface area contributed by atoms with E-state index in [1.807, 2.05) is 19.1 Å². The van der Waals surface area contributed by atoms with Crippen molar-refractivity contribution in [3.8, 4) is 0 Å². The number of aryl methyl sites for hydroxylation is 1. The van der Waals surface area contributed by atoms with Crippen LogP contribution in [0.4, 0.5) is 5.82 Å². The molecule has 0 saturated carbocycles. The molecule has 9 heteroatoms. The molecular weight excluding hydrogens is 501 g/mol. The van der Waals surface area contributed by atoms with Crippen molar-refractivity contribution < 1.29 is 19.5 Å². The molecule has 0 spiro atoms. The van der Waals surface area contributed by atoms with Crippen molar-refractivity contribution in [3.63, 3.8) is 0 Å². The quantitative estimate of drug-likeness (QED) is 0.282. The molecule has 1 amide bonds. The van der Waals surface area contributed by atoms with E-state index in [0.717, 1.165) is 16.9 Å². The SMILES string of the molecule is Cc1ccnc(NCCCC(=O)Cc2ccc(C[C@H](NC(=O)c3c(Cl)cccc3Cl)C(=O)O)cc2)c1. The van der Waals surface area contributed by atoms with Gasteiger partial charge in [-0.3, -0.25) is 9.59 Å². The Bertz CT molecular complexity index is 1210. The summed E-state index contributed by atoms with van der Waals surface area (Å²) in [6.07, 6.45) is 3.25. The number of amides is 1. The van der Waals surface area contributed by atoms with Crippen LogP contribution in [0.1, 0.15) is 39.9 Å². The van der Waals surface area contributed by atoms with Crippen molar-refractivity contribution in [3.05, 3.63) is 93.1 Å². The number of carbonyl (C=O) groups excluding carboxylic acids is 2. The highest BCUT2D eigenvalue weighted by Crippen LogP contribution is 2.24. The lowest BCUT2D eigenvalue weighted by molar-refractivity contribution is -0.139. The average Bonchev–Trinajstić information content (AvgIpc) is 2.82. The number of benzene rings is 2. The predicted molar refractivity (Wildman–Crippen MR) is 141 cm³/mol. The van der Waals surface area contributed by atoms with Crippen LogP contribution in [-0.2, 0) is 22.4 Å². The van der Waals surface area contributed by atoms with E-state index < -0.39 is 17.9 Å². The van der Waals surface area contributed by atoms with Crippen LogP contribution in [0.5, 0.6) is 0 Å². The number of aliphatic carboxylic acids is 1. The summed E-state index contributed by atoms with van der Waals surface area (Å²) in [6.45, 7) is 2.65. The first kappa shape index (κ1) is 27.2. The molecule has 3 rings (SSSR count). The van der Waals surface area contributed by atoms with Crippen LogP contribution in [0.25, 0.3) is 0 Å². The number of hydrogen-bond acceptors (Lipinski definition) is 5. The Kier molecular flexibility index (Phi) is 9.85. The summed E-state index contributed by atoms with van der Waals surface area (Å²) in [5.41, 5.74) is 2.70. The zero-order valence-electron chi connectivity index (χ0n) is 19.8. The van der Waals surface area contributed by atoms with E-state index >= 15 is 0 Å². The Morgan fingerprint density at radius 3 is 2.31 bits per heavy atom. The monoisotopic (exact) mass is 527 g/mol. The van der Waals surface area contributed by atoms with Crippen molar-refractivity contribution in [1.29, 1.82) is 0 Å². The molecule has 1 atom stereocenters. The Hall–Kier alpha value is -3.42. The molecule has 0 unspecified atom stereocenters. The minimum Gasteiger partial charge on any atom is -0.480 e. The van der Waals surface area contributed by atoms with Crippen molar-refractivity contribution in [2.75, 3.05) is 11.9 Å². The third-order valence-electron chi connectivity index (χ3n) is 5.51. The normalized spacial score (nSPS) is 11.5. The average molecular weight is 528 g/mol. The molecule has 2 aromatic carbocycles. The predicted octanol–water partition coefficient (Wildman–Crippen LogP) is 5.13. The van der Waals surface area contributed by atoms with Gasteiger partial charge in [0.05, 0.1) is 15.6 Å². The van der Waals surface area contributed by atoms with E-state index in [9.17, 15) is 19.5 Å². The summed E-state index contributed by atoms with van der Waals surface area (Å²) in [5.74, 6) is -0.925. The Morgan fingerprint density at radius 1 is 1.00 bits per heavy atom. The summed E-state index contributed by atoms with van der Waals surface area (Å²) < 4.78 is 0. The van der Waals surface area contributed by atoms with Crippen LogP contribution in [-0.4, -0.2) is 40.3 Å².